The van der Waals surface area contributed by atoms with Crippen LogP contribution in [0.3, 0.4) is 0 Å². The van der Waals surface area contributed by atoms with E-state index in [9.17, 15) is 0 Å². The standard InChI is InChI=1S/C14H18BrN3/c1-3-16-8-14-9-17-10-18(14)11(2)12-5-4-6-13(15)7-12/h4-7,9-11,16H,3,8H2,1-2H3. The summed E-state index contributed by atoms with van der Waals surface area (Å²) in [5.41, 5.74) is 2.49. The van der Waals surface area contributed by atoms with Gasteiger partial charge in [-0.25, -0.2) is 4.98 Å². The van der Waals surface area contributed by atoms with Gasteiger partial charge in [0.2, 0.25) is 0 Å². The number of hydrogen-bond acceptors (Lipinski definition) is 2. The van der Waals surface area contributed by atoms with Gasteiger partial charge in [-0.3, -0.25) is 0 Å². The minimum absolute atomic E-state index is 0.290. The van der Waals surface area contributed by atoms with Gasteiger partial charge in [0.1, 0.15) is 0 Å². The molecule has 1 aromatic heterocycles. The van der Waals surface area contributed by atoms with Gasteiger partial charge < -0.3 is 9.88 Å². The Bertz CT molecular complexity index is 507. The molecule has 0 spiro atoms. The van der Waals surface area contributed by atoms with E-state index < -0.39 is 0 Å². The molecule has 0 saturated heterocycles. The highest BCUT2D eigenvalue weighted by molar-refractivity contribution is 9.10. The Balaban J connectivity index is 2.23. The second kappa shape index (κ2) is 6.16. The van der Waals surface area contributed by atoms with E-state index in [0.717, 1.165) is 17.6 Å². The van der Waals surface area contributed by atoms with Gasteiger partial charge in [0.15, 0.2) is 0 Å². The van der Waals surface area contributed by atoms with Gasteiger partial charge in [0, 0.05) is 17.2 Å². The predicted octanol–water partition coefficient (Wildman–Crippen LogP) is 3.36. The van der Waals surface area contributed by atoms with Crippen LogP contribution in [0, 0.1) is 0 Å². The van der Waals surface area contributed by atoms with Gasteiger partial charge in [-0.05, 0) is 31.2 Å². The van der Waals surface area contributed by atoms with Crippen LogP contribution in [0.2, 0.25) is 0 Å². The van der Waals surface area contributed by atoms with E-state index in [0.29, 0.717) is 6.04 Å². The number of rotatable bonds is 5. The van der Waals surface area contributed by atoms with E-state index in [-0.39, 0.29) is 0 Å². The number of aromatic nitrogens is 2. The molecule has 0 aliphatic carbocycles. The lowest BCUT2D eigenvalue weighted by molar-refractivity contribution is 0.582. The first-order valence-electron chi connectivity index (χ1n) is 6.19. The Hall–Kier alpha value is -1.13. The quantitative estimate of drug-likeness (QED) is 0.918. The number of benzene rings is 1. The fraction of sp³-hybridized carbons (Fsp3) is 0.357. The molecule has 4 heteroatoms. The van der Waals surface area contributed by atoms with Crippen molar-refractivity contribution < 1.29 is 0 Å². The highest BCUT2D eigenvalue weighted by Crippen LogP contribution is 2.22. The summed E-state index contributed by atoms with van der Waals surface area (Å²) >= 11 is 3.52. The van der Waals surface area contributed by atoms with Crippen molar-refractivity contribution >= 4 is 15.9 Å². The monoisotopic (exact) mass is 307 g/mol. The molecule has 18 heavy (non-hydrogen) atoms. The van der Waals surface area contributed by atoms with Crippen LogP contribution in [0.5, 0.6) is 0 Å². The molecule has 0 saturated carbocycles. The Morgan fingerprint density at radius 1 is 1.44 bits per heavy atom. The molecule has 0 aliphatic heterocycles. The number of imidazole rings is 1. The first kappa shape index (κ1) is 13.3. The lowest BCUT2D eigenvalue weighted by atomic mass is 10.1. The second-order valence-electron chi connectivity index (χ2n) is 4.30. The molecule has 1 aromatic carbocycles. The lowest BCUT2D eigenvalue weighted by Gasteiger charge is -2.17. The second-order valence-corrected chi connectivity index (χ2v) is 5.22. The van der Waals surface area contributed by atoms with Crippen molar-refractivity contribution in [1.82, 2.24) is 14.9 Å². The van der Waals surface area contributed by atoms with Crippen LogP contribution >= 0.6 is 15.9 Å². The summed E-state index contributed by atoms with van der Waals surface area (Å²) in [4.78, 5) is 4.26. The van der Waals surface area contributed by atoms with E-state index in [1.807, 2.05) is 18.6 Å². The first-order valence-corrected chi connectivity index (χ1v) is 6.98. The van der Waals surface area contributed by atoms with Crippen LogP contribution in [0.25, 0.3) is 0 Å². The molecule has 1 N–H and O–H groups in total. The normalized spacial score (nSPS) is 12.6. The molecular formula is C14H18BrN3. The molecule has 0 bridgehead atoms. The maximum atomic E-state index is 4.26. The third kappa shape index (κ3) is 3.00. The summed E-state index contributed by atoms with van der Waals surface area (Å²) in [6.45, 7) is 6.13. The highest BCUT2D eigenvalue weighted by atomic mass is 79.9. The first-order chi connectivity index (χ1) is 8.72. The molecule has 0 fully saturated rings. The summed E-state index contributed by atoms with van der Waals surface area (Å²) in [5.74, 6) is 0. The molecule has 1 heterocycles. The molecular weight excluding hydrogens is 290 g/mol. The van der Waals surface area contributed by atoms with E-state index in [4.69, 9.17) is 0 Å². The van der Waals surface area contributed by atoms with Crippen LogP contribution in [-0.4, -0.2) is 16.1 Å². The van der Waals surface area contributed by atoms with Gasteiger partial charge in [0.25, 0.3) is 0 Å². The highest BCUT2D eigenvalue weighted by Gasteiger charge is 2.11. The van der Waals surface area contributed by atoms with Crippen LogP contribution in [0.15, 0.2) is 41.3 Å². The van der Waals surface area contributed by atoms with Crippen molar-refractivity contribution in [3.63, 3.8) is 0 Å². The molecule has 3 nitrogen and oxygen atoms in total. The molecule has 0 amide bonds. The molecule has 1 unspecified atom stereocenters. The summed E-state index contributed by atoms with van der Waals surface area (Å²) < 4.78 is 3.32. The summed E-state index contributed by atoms with van der Waals surface area (Å²) in [7, 11) is 0. The predicted molar refractivity (Wildman–Crippen MR) is 77.6 cm³/mol. The Kier molecular flexibility index (Phi) is 4.55. The Morgan fingerprint density at radius 2 is 2.28 bits per heavy atom. The van der Waals surface area contributed by atoms with Crippen LogP contribution < -0.4 is 5.32 Å². The lowest BCUT2D eigenvalue weighted by Crippen LogP contribution is -2.17. The van der Waals surface area contributed by atoms with Gasteiger partial charge in [0.05, 0.1) is 18.1 Å². The van der Waals surface area contributed by atoms with Crippen LogP contribution in [-0.2, 0) is 6.54 Å². The Labute approximate surface area is 116 Å². The van der Waals surface area contributed by atoms with Gasteiger partial charge in [-0.2, -0.15) is 0 Å². The fourth-order valence-corrected chi connectivity index (χ4v) is 2.41. The van der Waals surface area contributed by atoms with Crippen molar-refractivity contribution in [2.24, 2.45) is 0 Å². The molecule has 0 radical (unpaired) electrons. The third-order valence-corrected chi connectivity index (χ3v) is 3.54. The van der Waals surface area contributed by atoms with Gasteiger partial charge in [-0.1, -0.05) is 35.0 Å². The maximum Gasteiger partial charge on any atom is 0.0954 e. The van der Waals surface area contributed by atoms with Crippen LogP contribution in [0.1, 0.15) is 31.1 Å². The zero-order valence-electron chi connectivity index (χ0n) is 10.7. The zero-order chi connectivity index (χ0) is 13.0. The minimum Gasteiger partial charge on any atom is -0.326 e. The Morgan fingerprint density at radius 3 is 3.00 bits per heavy atom. The summed E-state index contributed by atoms with van der Waals surface area (Å²) in [6.07, 6.45) is 3.83. The van der Waals surface area contributed by atoms with E-state index >= 15 is 0 Å². The summed E-state index contributed by atoms with van der Waals surface area (Å²) in [5, 5.41) is 3.34. The molecule has 1 atom stereocenters. The molecule has 2 aromatic rings. The van der Waals surface area contributed by atoms with Crippen molar-refractivity contribution in [2.75, 3.05) is 6.54 Å². The van der Waals surface area contributed by atoms with E-state index in [1.54, 1.807) is 0 Å². The zero-order valence-corrected chi connectivity index (χ0v) is 12.3. The number of hydrogen-bond donors (Lipinski definition) is 1. The van der Waals surface area contributed by atoms with Crippen molar-refractivity contribution in [3.8, 4) is 0 Å². The van der Waals surface area contributed by atoms with E-state index in [1.165, 1.54) is 11.3 Å². The average molecular weight is 308 g/mol. The third-order valence-electron chi connectivity index (χ3n) is 3.05. The van der Waals surface area contributed by atoms with Crippen LogP contribution in [0.4, 0.5) is 0 Å². The van der Waals surface area contributed by atoms with Crippen molar-refractivity contribution in [2.45, 2.75) is 26.4 Å². The number of halogens is 1. The van der Waals surface area contributed by atoms with Gasteiger partial charge in [-0.15, -0.1) is 0 Å². The van der Waals surface area contributed by atoms with Crippen molar-refractivity contribution in [3.05, 3.63) is 52.5 Å². The molecule has 0 aliphatic rings. The topological polar surface area (TPSA) is 29.9 Å². The fourth-order valence-electron chi connectivity index (χ4n) is 2.00. The maximum absolute atomic E-state index is 4.26. The number of nitrogens with one attached hydrogen (secondary N) is 1. The SMILES string of the molecule is CCNCc1cncn1C(C)c1cccc(Br)c1. The number of nitrogens with zero attached hydrogens (tertiary/aromatic N) is 2. The molecule has 96 valence electrons. The van der Waals surface area contributed by atoms with Crippen molar-refractivity contribution in [1.29, 1.82) is 0 Å². The largest absolute Gasteiger partial charge is 0.326 e. The van der Waals surface area contributed by atoms with Gasteiger partial charge >= 0.3 is 0 Å². The van der Waals surface area contributed by atoms with E-state index in [2.05, 4.69) is 62.8 Å². The summed E-state index contributed by atoms with van der Waals surface area (Å²) in [6, 6.07) is 8.70. The smallest absolute Gasteiger partial charge is 0.0954 e. The average Bonchev–Trinajstić information content (AvgIpc) is 2.83. The minimum atomic E-state index is 0.290. The molecule has 2 rings (SSSR count).